The number of aromatic nitrogens is 3. The Morgan fingerprint density at radius 2 is 2.35 bits per heavy atom. The number of aryl methyl sites for hydroxylation is 1. The van der Waals surface area contributed by atoms with E-state index in [0.29, 0.717) is 37.7 Å². The van der Waals surface area contributed by atoms with Gasteiger partial charge in [0.2, 0.25) is 5.89 Å². The molecule has 0 N–H and O–H groups in total. The second-order valence-corrected chi connectivity index (χ2v) is 6.36. The minimum Gasteiger partial charge on any atom is -0.443 e. The quantitative estimate of drug-likeness (QED) is 0.734. The van der Waals surface area contributed by atoms with Crippen LogP contribution in [0.25, 0.3) is 4.96 Å². The van der Waals surface area contributed by atoms with Crippen molar-refractivity contribution in [2.75, 3.05) is 13.7 Å². The molecule has 1 aliphatic rings. The lowest BCUT2D eigenvalue weighted by Crippen LogP contribution is -2.36. The topological polar surface area (TPSA) is 72.9 Å². The van der Waals surface area contributed by atoms with Crippen LogP contribution in [0.3, 0.4) is 0 Å². The summed E-state index contributed by atoms with van der Waals surface area (Å²) < 4.78 is 12.6. The lowest BCUT2D eigenvalue weighted by atomic mass is 10.1. The van der Waals surface area contributed by atoms with Gasteiger partial charge in [-0.05, 0) is 6.92 Å². The lowest BCUT2D eigenvalue weighted by molar-refractivity contribution is 0.0720. The number of thiazole rings is 1. The summed E-state index contributed by atoms with van der Waals surface area (Å²) >= 11 is 1.52. The van der Waals surface area contributed by atoms with Gasteiger partial charge in [0.15, 0.2) is 4.96 Å². The molecule has 0 bridgehead atoms. The molecule has 3 aromatic heterocycles. The monoisotopic (exact) mass is 332 g/mol. The number of ether oxygens (including phenoxy) is 1. The Morgan fingerprint density at radius 1 is 1.48 bits per heavy atom. The van der Waals surface area contributed by atoms with Gasteiger partial charge in [-0.3, -0.25) is 9.20 Å². The van der Waals surface area contributed by atoms with E-state index in [4.69, 9.17) is 9.15 Å². The molecule has 0 aromatic carbocycles. The number of imidazole rings is 1. The predicted octanol–water partition coefficient (Wildman–Crippen LogP) is 2.04. The maximum atomic E-state index is 12.9. The van der Waals surface area contributed by atoms with Crippen molar-refractivity contribution in [1.82, 2.24) is 19.3 Å². The van der Waals surface area contributed by atoms with Crippen LogP contribution in [0.2, 0.25) is 0 Å². The first-order valence-electron chi connectivity index (χ1n) is 7.35. The molecule has 0 fully saturated rings. The molecule has 8 heteroatoms. The predicted molar refractivity (Wildman–Crippen MR) is 83.5 cm³/mol. The highest BCUT2D eigenvalue weighted by atomic mass is 32.1. The molecule has 0 saturated carbocycles. The summed E-state index contributed by atoms with van der Waals surface area (Å²) in [5, 5.41) is 1.93. The van der Waals surface area contributed by atoms with E-state index < -0.39 is 0 Å². The van der Waals surface area contributed by atoms with Gasteiger partial charge in [-0.25, -0.2) is 9.97 Å². The molecule has 23 heavy (non-hydrogen) atoms. The molecule has 0 spiro atoms. The van der Waals surface area contributed by atoms with Crippen LogP contribution in [-0.2, 0) is 24.3 Å². The number of hydrogen-bond acceptors (Lipinski definition) is 6. The van der Waals surface area contributed by atoms with Crippen molar-refractivity contribution >= 4 is 22.2 Å². The molecule has 3 aromatic rings. The highest BCUT2D eigenvalue weighted by molar-refractivity contribution is 7.15. The largest absolute Gasteiger partial charge is 0.443 e. The van der Waals surface area contributed by atoms with E-state index in [2.05, 4.69) is 9.97 Å². The number of amides is 1. The molecule has 4 rings (SSSR count). The normalized spacial score (nSPS) is 14.4. The van der Waals surface area contributed by atoms with Crippen LogP contribution in [0.1, 0.15) is 33.5 Å². The summed E-state index contributed by atoms with van der Waals surface area (Å²) in [6.07, 6.45) is 2.55. The lowest BCUT2D eigenvalue weighted by Gasteiger charge is -2.25. The Kier molecular flexibility index (Phi) is 3.42. The number of carbonyl (C=O) groups is 1. The van der Waals surface area contributed by atoms with Crippen LogP contribution in [0, 0.1) is 6.92 Å². The van der Waals surface area contributed by atoms with Gasteiger partial charge < -0.3 is 14.1 Å². The van der Waals surface area contributed by atoms with Gasteiger partial charge in [-0.15, -0.1) is 11.3 Å². The van der Waals surface area contributed by atoms with E-state index >= 15 is 0 Å². The first-order chi connectivity index (χ1) is 11.2. The van der Waals surface area contributed by atoms with Crippen molar-refractivity contribution in [2.24, 2.45) is 0 Å². The van der Waals surface area contributed by atoms with E-state index in [1.807, 2.05) is 22.9 Å². The zero-order valence-corrected chi connectivity index (χ0v) is 13.7. The van der Waals surface area contributed by atoms with E-state index in [1.165, 1.54) is 11.3 Å². The van der Waals surface area contributed by atoms with Crippen molar-refractivity contribution in [1.29, 1.82) is 0 Å². The van der Waals surface area contributed by atoms with Gasteiger partial charge in [0, 0.05) is 31.7 Å². The van der Waals surface area contributed by atoms with Crippen molar-refractivity contribution in [3.05, 3.63) is 40.3 Å². The SMILES string of the molecule is COCc1nc2c(o1)CCN(C(=O)c1c(C)nc3sccn13)C2. The zero-order chi connectivity index (χ0) is 16.0. The number of carbonyl (C=O) groups excluding carboxylic acids is 1. The molecule has 0 atom stereocenters. The molecule has 0 unspecified atom stereocenters. The molecule has 7 nitrogen and oxygen atoms in total. The van der Waals surface area contributed by atoms with Crippen molar-refractivity contribution in [3.8, 4) is 0 Å². The number of nitrogens with zero attached hydrogens (tertiary/aromatic N) is 4. The van der Waals surface area contributed by atoms with Crippen molar-refractivity contribution in [3.63, 3.8) is 0 Å². The third kappa shape index (κ3) is 2.34. The van der Waals surface area contributed by atoms with E-state index in [1.54, 1.807) is 12.0 Å². The van der Waals surface area contributed by atoms with Crippen LogP contribution in [0.15, 0.2) is 16.0 Å². The molecule has 0 radical (unpaired) electrons. The van der Waals surface area contributed by atoms with Crippen molar-refractivity contribution < 1.29 is 13.9 Å². The zero-order valence-electron chi connectivity index (χ0n) is 12.9. The molecule has 1 aliphatic heterocycles. The highest BCUT2D eigenvalue weighted by Crippen LogP contribution is 2.24. The summed E-state index contributed by atoms with van der Waals surface area (Å²) in [4.78, 5) is 24.4. The second kappa shape index (κ2) is 5.47. The Morgan fingerprint density at radius 3 is 3.17 bits per heavy atom. The average molecular weight is 332 g/mol. The van der Waals surface area contributed by atoms with Crippen LogP contribution in [-0.4, -0.2) is 38.8 Å². The van der Waals surface area contributed by atoms with Gasteiger partial charge in [0.25, 0.3) is 5.91 Å². The Balaban J connectivity index is 1.62. The van der Waals surface area contributed by atoms with Crippen LogP contribution in [0.4, 0.5) is 0 Å². The summed E-state index contributed by atoms with van der Waals surface area (Å²) in [6.45, 7) is 3.29. The van der Waals surface area contributed by atoms with E-state index in [0.717, 1.165) is 22.1 Å². The summed E-state index contributed by atoms with van der Waals surface area (Å²) in [7, 11) is 1.60. The molecular weight excluding hydrogens is 316 g/mol. The number of methoxy groups -OCH3 is 1. The second-order valence-electron chi connectivity index (χ2n) is 5.49. The fraction of sp³-hybridized carbons (Fsp3) is 0.400. The van der Waals surface area contributed by atoms with Gasteiger partial charge in [0.1, 0.15) is 23.8 Å². The third-order valence-corrected chi connectivity index (χ3v) is 4.72. The first kappa shape index (κ1) is 14.4. The molecule has 0 aliphatic carbocycles. The standard InChI is InChI=1S/C15H16N4O3S/c1-9-13(19-5-6-23-15(19)16-9)14(20)18-4-3-11-10(7-18)17-12(22-11)8-21-2/h5-6H,3-4,7-8H2,1-2H3. The summed E-state index contributed by atoms with van der Waals surface area (Å²) in [6, 6.07) is 0. The molecular formula is C15H16N4O3S. The van der Waals surface area contributed by atoms with Crippen LogP contribution >= 0.6 is 11.3 Å². The summed E-state index contributed by atoms with van der Waals surface area (Å²) in [5.74, 6) is 1.40. The number of hydrogen-bond donors (Lipinski definition) is 0. The Labute approximate surface area is 136 Å². The minimum atomic E-state index is -0.0182. The number of oxazole rings is 1. The Bertz CT molecular complexity index is 879. The van der Waals surface area contributed by atoms with Crippen molar-refractivity contribution in [2.45, 2.75) is 26.5 Å². The molecule has 0 saturated heterocycles. The fourth-order valence-electron chi connectivity index (χ4n) is 2.91. The maximum absolute atomic E-state index is 12.9. The molecule has 4 heterocycles. The highest BCUT2D eigenvalue weighted by Gasteiger charge is 2.29. The average Bonchev–Trinajstić information content (AvgIpc) is 3.19. The minimum absolute atomic E-state index is 0.0182. The number of fused-ring (bicyclic) bond motifs is 2. The smallest absolute Gasteiger partial charge is 0.273 e. The third-order valence-electron chi connectivity index (χ3n) is 3.97. The number of rotatable bonds is 3. The van der Waals surface area contributed by atoms with Crippen LogP contribution < -0.4 is 0 Å². The summed E-state index contributed by atoms with van der Waals surface area (Å²) in [5.41, 5.74) is 2.21. The van der Waals surface area contributed by atoms with Gasteiger partial charge in [-0.2, -0.15) is 0 Å². The van der Waals surface area contributed by atoms with Crippen LogP contribution in [0.5, 0.6) is 0 Å². The molecule has 1 amide bonds. The van der Waals surface area contributed by atoms with E-state index in [9.17, 15) is 4.79 Å². The Hall–Kier alpha value is -2.19. The van der Waals surface area contributed by atoms with E-state index in [-0.39, 0.29) is 5.91 Å². The maximum Gasteiger partial charge on any atom is 0.273 e. The fourth-order valence-corrected chi connectivity index (χ4v) is 3.67. The van der Waals surface area contributed by atoms with Gasteiger partial charge >= 0.3 is 0 Å². The van der Waals surface area contributed by atoms with Gasteiger partial charge in [-0.1, -0.05) is 0 Å². The first-order valence-corrected chi connectivity index (χ1v) is 8.23. The molecule has 120 valence electrons. The van der Waals surface area contributed by atoms with Gasteiger partial charge in [0.05, 0.1) is 12.2 Å².